The Balaban J connectivity index is 0.00000289. The van der Waals surface area contributed by atoms with Crippen molar-refractivity contribution in [2.75, 3.05) is 6.54 Å². The second-order valence-corrected chi connectivity index (χ2v) is 5.30. The third-order valence-electron chi connectivity index (χ3n) is 3.83. The van der Waals surface area contributed by atoms with Gasteiger partial charge in [0.25, 0.3) is 0 Å². The summed E-state index contributed by atoms with van der Waals surface area (Å²) in [4.78, 5) is 0. The number of benzene rings is 1. The Hall–Kier alpha value is -0.570. The summed E-state index contributed by atoms with van der Waals surface area (Å²) in [5.41, 5.74) is 8.58. The molecule has 3 heteroatoms. The highest BCUT2D eigenvalue weighted by molar-refractivity contribution is 5.85. The second kappa shape index (κ2) is 7.78. The number of hydrogen-bond donors (Lipinski definition) is 2. The fourth-order valence-electron chi connectivity index (χ4n) is 1.71. The molecule has 1 unspecified atom stereocenters. The maximum absolute atomic E-state index is 5.86. The summed E-state index contributed by atoms with van der Waals surface area (Å²) in [6.07, 6.45) is 1.10. The van der Waals surface area contributed by atoms with Gasteiger partial charge in [-0.2, -0.15) is 0 Å². The van der Waals surface area contributed by atoms with Gasteiger partial charge >= 0.3 is 0 Å². The predicted molar refractivity (Wildman–Crippen MR) is 82.2 cm³/mol. The highest BCUT2D eigenvalue weighted by Crippen LogP contribution is 2.16. The van der Waals surface area contributed by atoms with Gasteiger partial charge in [-0.3, -0.25) is 0 Å². The zero-order valence-corrected chi connectivity index (χ0v) is 12.8. The first kappa shape index (κ1) is 17.4. The Kier molecular flexibility index (Phi) is 7.53. The fourth-order valence-corrected chi connectivity index (χ4v) is 1.71. The van der Waals surface area contributed by atoms with Crippen LogP contribution in [0.15, 0.2) is 24.3 Å². The van der Waals surface area contributed by atoms with E-state index < -0.39 is 0 Å². The molecule has 0 spiro atoms. The maximum atomic E-state index is 5.86. The van der Waals surface area contributed by atoms with Crippen LogP contribution in [0.5, 0.6) is 0 Å². The van der Waals surface area contributed by atoms with Crippen LogP contribution in [-0.4, -0.2) is 12.1 Å². The van der Waals surface area contributed by atoms with Crippen LogP contribution >= 0.6 is 12.4 Å². The number of nitrogens with two attached hydrogens (primary N) is 1. The molecule has 3 N–H and O–H groups in total. The molecule has 1 atom stereocenters. The SMILES string of the molecule is CCc1ccc(CNC(C)(CN)C(C)C)cc1.Cl. The lowest BCUT2D eigenvalue weighted by Gasteiger charge is -2.34. The van der Waals surface area contributed by atoms with Gasteiger partial charge in [0.2, 0.25) is 0 Å². The molecule has 0 fully saturated rings. The molecule has 0 radical (unpaired) electrons. The molecule has 0 bridgehead atoms. The Morgan fingerprint density at radius 1 is 1.17 bits per heavy atom. The molecule has 1 rings (SSSR count). The average molecular weight is 271 g/mol. The summed E-state index contributed by atoms with van der Waals surface area (Å²) >= 11 is 0. The van der Waals surface area contributed by atoms with Gasteiger partial charge in [0.15, 0.2) is 0 Å². The van der Waals surface area contributed by atoms with Crippen LogP contribution in [0.1, 0.15) is 38.8 Å². The van der Waals surface area contributed by atoms with E-state index in [9.17, 15) is 0 Å². The lowest BCUT2D eigenvalue weighted by atomic mass is 9.88. The van der Waals surface area contributed by atoms with Gasteiger partial charge in [0.1, 0.15) is 0 Å². The van der Waals surface area contributed by atoms with E-state index in [1.807, 2.05) is 0 Å². The zero-order valence-electron chi connectivity index (χ0n) is 12.0. The molecule has 1 aromatic rings. The van der Waals surface area contributed by atoms with E-state index in [1.165, 1.54) is 11.1 Å². The molecule has 0 saturated carbocycles. The molecule has 0 aliphatic carbocycles. The quantitative estimate of drug-likeness (QED) is 0.834. The number of rotatable bonds is 6. The summed E-state index contributed by atoms with van der Waals surface area (Å²) in [6, 6.07) is 8.80. The van der Waals surface area contributed by atoms with Crippen molar-refractivity contribution in [2.24, 2.45) is 11.7 Å². The first-order valence-corrected chi connectivity index (χ1v) is 6.54. The first-order chi connectivity index (χ1) is 8.01. The summed E-state index contributed by atoms with van der Waals surface area (Å²) in [7, 11) is 0. The molecule has 1 aromatic carbocycles. The molecular formula is C15H27ClN2. The standard InChI is InChI=1S/C15H26N2.ClH/c1-5-13-6-8-14(9-7-13)10-17-15(4,11-16)12(2)3;/h6-9,12,17H,5,10-11,16H2,1-4H3;1H. The molecular weight excluding hydrogens is 244 g/mol. The van der Waals surface area contributed by atoms with Crippen molar-refractivity contribution in [1.29, 1.82) is 0 Å². The maximum Gasteiger partial charge on any atom is 0.0301 e. The van der Waals surface area contributed by atoms with Gasteiger partial charge in [-0.25, -0.2) is 0 Å². The van der Waals surface area contributed by atoms with Crippen molar-refractivity contribution in [1.82, 2.24) is 5.32 Å². The van der Waals surface area contributed by atoms with E-state index in [-0.39, 0.29) is 17.9 Å². The minimum absolute atomic E-state index is 0. The molecule has 0 aliphatic rings. The molecule has 0 saturated heterocycles. The number of halogens is 1. The van der Waals surface area contributed by atoms with Crippen molar-refractivity contribution in [3.8, 4) is 0 Å². The largest absolute Gasteiger partial charge is 0.329 e. The molecule has 0 aromatic heterocycles. The average Bonchev–Trinajstić information content (AvgIpc) is 2.36. The number of nitrogens with one attached hydrogen (secondary N) is 1. The Morgan fingerprint density at radius 3 is 2.06 bits per heavy atom. The van der Waals surface area contributed by atoms with Gasteiger partial charge in [-0.15, -0.1) is 12.4 Å². The van der Waals surface area contributed by atoms with E-state index in [1.54, 1.807) is 0 Å². The summed E-state index contributed by atoms with van der Waals surface area (Å²) in [6.45, 7) is 10.3. The fraction of sp³-hybridized carbons (Fsp3) is 0.600. The van der Waals surface area contributed by atoms with Crippen molar-refractivity contribution in [3.05, 3.63) is 35.4 Å². The van der Waals surface area contributed by atoms with E-state index >= 15 is 0 Å². The van der Waals surface area contributed by atoms with Crippen molar-refractivity contribution >= 4 is 12.4 Å². The van der Waals surface area contributed by atoms with Crippen molar-refractivity contribution in [2.45, 2.75) is 46.2 Å². The van der Waals surface area contributed by atoms with E-state index in [0.717, 1.165) is 13.0 Å². The Morgan fingerprint density at radius 2 is 1.67 bits per heavy atom. The second-order valence-electron chi connectivity index (χ2n) is 5.30. The van der Waals surface area contributed by atoms with E-state index in [2.05, 4.69) is 57.3 Å². The van der Waals surface area contributed by atoms with Gasteiger partial charge in [-0.1, -0.05) is 45.0 Å². The third-order valence-corrected chi connectivity index (χ3v) is 3.83. The molecule has 0 aliphatic heterocycles. The van der Waals surface area contributed by atoms with E-state index in [4.69, 9.17) is 5.73 Å². The van der Waals surface area contributed by atoms with Crippen LogP contribution in [0.2, 0.25) is 0 Å². The van der Waals surface area contributed by atoms with Crippen LogP contribution in [-0.2, 0) is 13.0 Å². The number of aryl methyl sites for hydroxylation is 1. The highest BCUT2D eigenvalue weighted by atomic mass is 35.5. The van der Waals surface area contributed by atoms with Crippen LogP contribution in [0.3, 0.4) is 0 Å². The lowest BCUT2D eigenvalue weighted by Crippen LogP contribution is -2.52. The molecule has 18 heavy (non-hydrogen) atoms. The normalized spacial score (nSPS) is 14.1. The molecule has 0 heterocycles. The Bertz CT molecular complexity index is 335. The van der Waals surface area contributed by atoms with Crippen LogP contribution in [0.25, 0.3) is 0 Å². The molecule has 104 valence electrons. The van der Waals surface area contributed by atoms with Crippen molar-refractivity contribution < 1.29 is 0 Å². The molecule has 2 nitrogen and oxygen atoms in total. The van der Waals surface area contributed by atoms with Gasteiger partial charge in [0, 0.05) is 18.6 Å². The van der Waals surface area contributed by atoms with Gasteiger partial charge in [0.05, 0.1) is 0 Å². The minimum atomic E-state index is 0. The lowest BCUT2D eigenvalue weighted by molar-refractivity contribution is 0.267. The smallest absolute Gasteiger partial charge is 0.0301 e. The monoisotopic (exact) mass is 270 g/mol. The summed E-state index contributed by atoms with van der Waals surface area (Å²) in [5, 5.41) is 3.57. The summed E-state index contributed by atoms with van der Waals surface area (Å²) < 4.78 is 0. The summed E-state index contributed by atoms with van der Waals surface area (Å²) in [5.74, 6) is 0.530. The van der Waals surface area contributed by atoms with Crippen LogP contribution in [0, 0.1) is 5.92 Å². The zero-order chi connectivity index (χ0) is 12.9. The van der Waals surface area contributed by atoms with Crippen molar-refractivity contribution in [3.63, 3.8) is 0 Å². The van der Waals surface area contributed by atoms with E-state index in [0.29, 0.717) is 12.5 Å². The topological polar surface area (TPSA) is 38.0 Å². The first-order valence-electron chi connectivity index (χ1n) is 6.54. The van der Waals surface area contributed by atoms with Gasteiger partial charge in [-0.05, 0) is 30.4 Å². The predicted octanol–water partition coefficient (Wildman–Crippen LogP) is 3.13. The Labute approximate surface area is 118 Å². The molecule has 0 amide bonds. The minimum Gasteiger partial charge on any atom is -0.329 e. The third kappa shape index (κ3) is 4.60. The van der Waals surface area contributed by atoms with Gasteiger partial charge < -0.3 is 11.1 Å². The highest BCUT2D eigenvalue weighted by Gasteiger charge is 2.25. The van der Waals surface area contributed by atoms with Crippen LogP contribution < -0.4 is 11.1 Å². The number of hydrogen-bond acceptors (Lipinski definition) is 2. The van der Waals surface area contributed by atoms with Crippen LogP contribution in [0.4, 0.5) is 0 Å².